The lowest BCUT2D eigenvalue weighted by Gasteiger charge is -2.06. The van der Waals surface area contributed by atoms with Gasteiger partial charge in [0.1, 0.15) is 0 Å². The van der Waals surface area contributed by atoms with E-state index in [1.165, 1.54) is 19.3 Å². The minimum Gasteiger partial charge on any atom is -0.382 e. The molecular formula is C9H11Cl2N3. The minimum absolute atomic E-state index is 0.364. The number of nitrogens with one attached hydrogen (secondary N) is 1. The van der Waals surface area contributed by atoms with Gasteiger partial charge in [-0.15, -0.1) is 10.2 Å². The molecule has 1 N–H and O–H groups in total. The van der Waals surface area contributed by atoms with Gasteiger partial charge in [-0.05, 0) is 12.3 Å². The van der Waals surface area contributed by atoms with Crippen LogP contribution in [0.15, 0.2) is 6.07 Å². The summed E-state index contributed by atoms with van der Waals surface area (Å²) in [7, 11) is 0. The van der Waals surface area contributed by atoms with Crippen molar-refractivity contribution in [3.63, 3.8) is 0 Å². The van der Waals surface area contributed by atoms with Gasteiger partial charge in [0.15, 0.2) is 10.3 Å². The molecule has 1 aromatic heterocycles. The summed E-state index contributed by atoms with van der Waals surface area (Å²) in [6.07, 6.45) is 3.92. The Morgan fingerprint density at radius 3 is 2.86 bits per heavy atom. The zero-order valence-electron chi connectivity index (χ0n) is 7.63. The zero-order chi connectivity index (χ0) is 9.97. The largest absolute Gasteiger partial charge is 0.382 e. The van der Waals surface area contributed by atoms with Crippen LogP contribution < -0.4 is 5.32 Å². The van der Waals surface area contributed by atoms with Crippen LogP contribution in [0.1, 0.15) is 19.3 Å². The van der Waals surface area contributed by atoms with Gasteiger partial charge in [-0.1, -0.05) is 36.0 Å². The van der Waals surface area contributed by atoms with Crippen molar-refractivity contribution in [3.8, 4) is 0 Å². The monoisotopic (exact) mass is 231 g/mol. The van der Waals surface area contributed by atoms with Gasteiger partial charge in [-0.25, -0.2) is 0 Å². The molecule has 0 amide bonds. The van der Waals surface area contributed by atoms with Crippen molar-refractivity contribution in [1.29, 1.82) is 0 Å². The van der Waals surface area contributed by atoms with Crippen LogP contribution in [0, 0.1) is 5.92 Å². The minimum atomic E-state index is 0.364. The Morgan fingerprint density at radius 1 is 1.36 bits per heavy atom. The molecule has 0 saturated heterocycles. The number of rotatable bonds is 4. The van der Waals surface area contributed by atoms with Gasteiger partial charge in [0.05, 0.1) is 5.69 Å². The predicted molar refractivity (Wildman–Crippen MR) is 57.9 cm³/mol. The Labute approximate surface area is 92.8 Å². The normalized spacial score (nSPS) is 15.6. The molecule has 1 fully saturated rings. The van der Waals surface area contributed by atoms with Gasteiger partial charge >= 0.3 is 0 Å². The van der Waals surface area contributed by atoms with E-state index >= 15 is 0 Å². The maximum Gasteiger partial charge on any atom is 0.174 e. The summed E-state index contributed by atoms with van der Waals surface area (Å²) in [5.41, 5.74) is 0.771. The number of hydrogen-bond acceptors (Lipinski definition) is 3. The molecule has 1 saturated carbocycles. The topological polar surface area (TPSA) is 37.8 Å². The number of anilines is 1. The molecular weight excluding hydrogens is 221 g/mol. The Morgan fingerprint density at radius 2 is 2.14 bits per heavy atom. The highest BCUT2D eigenvalue weighted by atomic mass is 35.5. The maximum absolute atomic E-state index is 5.83. The molecule has 2 rings (SSSR count). The summed E-state index contributed by atoms with van der Waals surface area (Å²) in [5.74, 6) is 0.909. The second-order valence-corrected chi connectivity index (χ2v) is 4.28. The van der Waals surface area contributed by atoms with Crippen molar-refractivity contribution < 1.29 is 0 Å². The van der Waals surface area contributed by atoms with Crippen molar-refractivity contribution >= 4 is 28.9 Å². The summed E-state index contributed by atoms with van der Waals surface area (Å²) in [6.45, 7) is 0.923. The van der Waals surface area contributed by atoms with E-state index in [1.54, 1.807) is 6.07 Å². The SMILES string of the molecule is Clc1cc(NCCC2CC2)c(Cl)nn1. The summed E-state index contributed by atoms with van der Waals surface area (Å²) >= 11 is 11.5. The van der Waals surface area contributed by atoms with Crippen molar-refractivity contribution in [2.24, 2.45) is 5.92 Å². The first-order valence-electron chi connectivity index (χ1n) is 4.68. The first kappa shape index (κ1) is 9.99. The number of hydrogen-bond donors (Lipinski definition) is 1. The second-order valence-electron chi connectivity index (χ2n) is 3.53. The maximum atomic E-state index is 5.83. The molecule has 0 aromatic carbocycles. The quantitative estimate of drug-likeness (QED) is 0.866. The van der Waals surface area contributed by atoms with E-state index in [-0.39, 0.29) is 0 Å². The van der Waals surface area contributed by atoms with E-state index in [1.807, 2.05) is 0 Å². The van der Waals surface area contributed by atoms with Crippen LogP contribution in [-0.2, 0) is 0 Å². The van der Waals surface area contributed by atoms with Gasteiger partial charge in [0.25, 0.3) is 0 Å². The summed E-state index contributed by atoms with van der Waals surface area (Å²) in [4.78, 5) is 0. The van der Waals surface area contributed by atoms with Crippen LogP contribution in [0.5, 0.6) is 0 Å². The molecule has 0 aliphatic heterocycles. The van der Waals surface area contributed by atoms with E-state index in [9.17, 15) is 0 Å². The van der Waals surface area contributed by atoms with Crippen LogP contribution in [0.25, 0.3) is 0 Å². The molecule has 0 unspecified atom stereocenters. The van der Waals surface area contributed by atoms with Crippen LogP contribution in [0.2, 0.25) is 10.3 Å². The molecule has 0 spiro atoms. The highest BCUT2D eigenvalue weighted by Crippen LogP contribution is 2.32. The molecule has 1 aliphatic rings. The Hall–Kier alpha value is -0.540. The number of nitrogens with zero attached hydrogens (tertiary/aromatic N) is 2. The van der Waals surface area contributed by atoms with Crippen molar-refractivity contribution in [2.45, 2.75) is 19.3 Å². The van der Waals surface area contributed by atoms with E-state index in [2.05, 4.69) is 15.5 Å². The summed E-state index contributed by atoms with van der Waals surface area (Å²) in [6, 6.07) is 1.70. The first-order chi connectivity index (χ1) is 6.75. The summed E-state index contributed by atoms with van der Waals surface area (Å²) < 4.78 is 0. The molecule has 1 heterocycles. The first-order valence-corrected chi connectivity index (χ1v) is 5.44. The number of aromatic nitrogens is 2. The molecule has 0 atom stereocenters. The van der Waals surface area contributed by atoms with Gasteiger partial charge in [-0.2, -0.15) is 0 Å². The fourth-order valence-corrected chi connectivity index (χ4v) is 1.60. The molecule has 0 radical (unpaired) electrons. The third kappa shape index (κ3) is 2.72. The fraction of sp³-hybridized carbons (Fsp3) is 0.556. The Kier molecular flexibility index (Phi) is 3.08. The third-order valence-corrected chi connectivity index (χ3v) is 2.75. The number of halogens is 2. The molecule has 1 aromatic rings. The van der Waals surface area contributed by atoms with E-state index in [0.717, 1.165) is 18.2 Å². The predicted octanol–water partition coefficient (Wildman–Crippen LogP) is 3.00. The Balaban J connectivity index is 1.89. The zero-order valence-corrected chi connectivity index (χ0v) is 9.15. The highest BCUT2D eigenvalue weighted by molar-refractivity contribution is 6.33. The molecule has 3 nitrogen and oxygen atoms in total. The Bertz CT molecular complexity index is 326. The molecule has 14 heavy (non-hydrogen) atoms. The molecule has 76 valence electrons. The van der Waals surface area contributed by atoms with Crippen LogP contribution in [0.4, 0.5) is 5.69 Å². The van der Waals surface area contributed by atoms with Crippen LogP contribution in [0.3, 0.4) is 0 Å². The van der Waals surface area contributed by atoms with Crippen molar-refractivity contribution in [3.05, 3.63) is 16.4 Å². The third-order valence-electron chi connectivity index (χ3n) is 2.28. The lowest BCUT2D eigenvalue weighted by atomic mass is 10.3. The molecule has 1 aliphatic carbocycles. The molecule has 5 heteroatoms. The van der Waals surface area contributed by atoms with Crippen molar-refractivity contribution in [1.82, 2.24) is 10.2 Å². The van der Waals surface area contributed by atoms with Crippen LogP contribution in [-0.4, -0.2) is 16.7 Å². The lowest BCUT2D eigenvalue weighted by Crippen LogP contribution is -2.04. The lowest BCUT2D eigenvalue weighted by molar-refractivity contribution is 0.759. The highest BCUT2D eigenvalue weighted by Gasteiger charge is 2.20. The van der Waals surface area contributed by atoms with Gasteiger partial charge in [0, 0.05) is 12.6 Å². The second kappa shape index (κ2) is 4.32. The standard InChI is InChI=1S/C9H11Cl2N3/c10-8-5-7(9(11)14-13-8)12-4-3-6-1-2-6/h5-6H,1-4H2,(H,12,13). The average Bonchev–Trinajstić information content (AvgIpc) is 2.95. The average molecular weight is 232 g/mol. The van der Waals surface area contributed by atoms with E-state index in [4.69, 9.17) is 23.2 Å². The van der Waals surface area contributed by atoms with E-state index < -0.39 is 0 Å². The van der Waals surface area contributed by atoms with Gasteiger partial charge in [-0.3, -0.25) is 0 Å². The smallest absolute Gasteiger partial charge is 0.174 e. The van der Waals surface area contributed by atoms with E-state index in [0.29, 0.717) is 10.3 Å². The van der Waals surface area contributed by atoms with Gasteiger partial charge < -0.3 is 5.32 Å². The van der Waals surface area contributed by atoms with Gasteiger partial charge in [0.2, 0.25) is 0 Å². The van der Waals surface area contributed by atoms with Crippen molar-refractivity contribution in [2.75, 3.05) is 11.9 Å². The van der Waals surface area contributed by atoms with Crippen LogP contribution >= 0.6 is 23.2 Å². The molecule has 0 bridgehead atoms. The summed E-state index contributed by atoms with van der Waals surface area (Å²) in [5, 5.41) is 11.3. The fourth-order valence-electron chi connectivity index (χ4n) is 1.29.